The first kappa shape index (κ1) is 23.6. The van der Waals surface area contributed by atoms with Crippen LogP contribution in [0.25, 0.3) is 0 Å². The highest BCUT2D eigenvalue weighted by atomic mass is 35.5. The number of carbonyl (C=O) groups is 1. The summed E-state index contributed by atoms with van der Waals surface area (Å²) < 4.78 is 33.4. The molecule has 0 aromatic heterocycles. The average molecular weight is 473 g/mol. The molecule has 32 heavy (non-hydrogen) atoms. The van der Waals surface area contributed by atoms with Crippen LogP contribution in [0.4, 0.5) is 5.69 Å². The van der Waals surface area contributed by atoms with Crippen LogP contribution in [0.5, 0.6) is 5.75 Å². The zero-order valence-electron chi connectivity index (χ0n) is 18.1. The van der Waals surface area contributed by atoms with E-state index in [1.807, 2.05) is 25.1 Å². The number of sulfonamides is 1. The summed E-state index contributed by atoms with van der Waals surface area (Å²) in [6, 6.07) is 19.9. The average Bonchev–Trinajstić information content (AvgIpc) is 2.78. The minimum absolute atomic E-state index is 0.0972. The molecule has 8 heteroatoms. The third-order valence-corrected chi connectivity index (χ3v) is 7.04. The molecule has 1 N–H and O–H groups in total. The Morgan fingerprint density at radius 1 is 1.06 bits per heavy atom. The molecule has 0 heterocycles. The van der Waals surface area contributed by atoms with Gasteiger partial charge in [-0.25, -0.2) is 8.42 Å². The van der Waals surface area contributed by atoms with E-state index in [-0.39, 0.29) is 17.5 Å². The van der Waals surface area contributed by atoms with Crippen molar-refractivity contribution in [3.05, 3.63) is 88.9 Å². The topological polar surface area (TPSA) is 75.7 Å². The number of nitrogens with zero attached hydrogens (tertiary/aromatic N) is 1. The maximum absolute atomic E-state index is 13.5. The fourth-order valence-electron chi connectivity index (χ4n) is 3.44. The highest BCUT2D eigenvalue weighted by Gasteiger charge is 2.29. The molecule has 0 unspecified atom stereocenters. The monoisotopic (exact) mass is 472 g/mol. The lowest BCUT2D eigenvalue weighted by Gasteiger charge is -2.26. The Morgan fingerprint density at radius 3 is 2.38 bits per heavy atom. The Labute approximate surface area is 193 Å². The SMILES string of the molecule is COc1ccccc1[C@@H](C)NC(=O)CN(c1ccc(Cl)cc1C)S(=O)(=O)c1ccccc1. The molecule has 3 aromatic rings. The van der Waals surface area contributed by atoms with E-state index in [1.165, 1.54) is 12.1 Å². The predicted molar refractivity (Wildman–Crippen MR) is 127 cm³/mol. The fraction of sp³-hybridized carbons (Fsp3) is 0.208. The van der Waals surface area contributed by atoms with Gasteiger partial charge in [-0.05, 0) is 55.8 Å². The van der Waals surface area contributed by atoms with Crippen LogP contribution in [0.15, 0.2) is 77.7 Å². The number of aryl methyl sites for hydroxylation is 1. The molecule has 0 radical (unpaired) electrons. The molecule has 0 bridgehead atoms. The molecule has 1 amide bonds. The van der Waals surface area contributed by atoms with Gasteiger partial charge in [0.15, 0.2) is 0 Å². The largest absolute Gasteiger partial charge is 0.496 e. The number of carbonyl (C=O) groups excluding carboxylic acids is 1. The van der Waals surface area contributed by atoms with Crippen molar-refractivity contribution in [1.82, 2.24) is 5.32 Å². The summed E-state index contributed by atoms with van der Waals surface area (Å²) >= 11 is 6.06. The van der Waals surface area contributed by atoms with Crippen molar-refractivity contribution in [3.8, 4) is 5.75 Å². The summed E-state index contributed by atoms with van der Waals surface area (Å²) in [7, 11) is -2.43. The minimum Gasteiger partial charge on any atom is -0.496 e. The van der Waals surface area contributed by atoms with Crippen LogP contribution in [-0.4, -0.2) is 28.0 Å². The van der Waals surface area contributed by atoms with E-state index in [1.54, 1.807) is 56.5 Å². The molecular weight excluding hydrogens is 448 g/mol. The number of amides is 1. The number of hydrogen-bond donors (Lipinski definition) is 1. The number of rotatable bonds is 8. The molecule has 0 saturated heterocycles. The number of hydrogen-bond acceptors (Lipinski definition) is 4. The van der Waals surface area contributed by atoms with Crippen molar-refractivity contribution in [3.63, 3.8) is 0 Å². The van der Waals surface area contributed by atoms with Crippen molar-refractivity contribution in [2.75, 3.05) is 18.0 Å². The van der Waals surface area contributed by atoms with Crippen molar-refractivity contribution >= 4 is 33.2 Å². The summed E-state index contributed by atoms with van der Waals surface area (Å²) in [6.45, 7) is 3.18. The molecule has 168 valence electrons. The molecule has 0 saturated carbocycles. The molecule has 0 aliphatic heterocycles. The molecule has 3 aromatic carbocycles. The van der Waals surface area contributed by atoms with Gasteiger partial charge in [-0.3, -0.25) is 9.10 Å². The van der Waals surface area contributed by atoms with E-state index in [0.717, 1.165) is 9.87 Å². The Morgan fingerprint density at radius 2 is 1.72 bits per heavy atom. The second-order valence-electron chi connectivity index (χ2n) is 7.29. The van der Waals surface area contributed by atoms with Crippen molar-refractivity contribution in [2.24, 2.45) is 0 Å². The Balaban J connectivity index is 1.93. The lowest BCUT2D eigenvalue weighted by Crippen LogP contribution is -2.42. The van der Waals surface area contributed by atoms with Crippen LogP contribution in [0.3, 0.4) is 0 Å². The first-order valence-electron chi connectivity index (χ1n) is 10.00. The van der Waals surface area contributed by atoms with Crippen molar-refractivity contribution in [1.29, 1.82) is 0 Å². The third-order valence-electron chi connectivity index (χ3n) is 5.03. The van der Waals surface area contributed by atoms with E-state index in [2.05, 4.69) is 5.32 Å². The zero-order valence-corrected chi connectivity index (χ0v) is 19.7. The van der Waals surface area contributed by atoms with Gasteiger partial charge in [0, 0.05) is 10.6 Å². The Bertz CT molecular complexity index is 1200. The second kappa shape index (κ2) is 10.1. The predicted octanol–water partition coefficient (Wildman–Crippen LogP) is 4.73. The quantitative estimate of drug-likeness (QED) is 0.514. The van der Waals surface area contributed by atoms with E-state index in [9.17, 15) is 13.2 Å². The third kappa shape index (κ3) is 5.23. The number of benzene rings is 3. The van der Waals surface area contributed by atoms with E-state index < -0.39 is 15.9 Å². The number of ether oxygens (including phenoxy) is 1. The van der Waals surface area contributed by atoms with Gasteiger partial charge in [0.1, 0.15) is 12.3 Å². The van der Waals surface area contributed by atoms with Gasteiger partial charge in [0.25, 0.3) is 10.0 Å². The maximum atomic E-state index is 13.5. The lowest BCUT2D eigenvalue weighted by atomic mass is 10.1. The normalized spacial score (nSPS) is 12.1. The van der Waals surface area contributed by atoms with E-state index in [4.69, 9.17) is 16.3 Å². The van der Waals surface area contributed by atoms with Crippen LogP contribution >= 0.6 is 11.6 Å². The highest BCUT2D eigenvalue weighted by molar-refractivity contribution is 7.92. The molecule has 3 rings (SSSR count). The lowest BCUT2D eigenvalue weighted by molar-refractivity contribution is -0.120. The minimum atomic E-state index is -3.99. The van der Waals surface area contributed by atoms with Crippen molar-refractivity contribution in [2.45, 2.75) is 24.8 Å². The van der Waals surface area contributed by atoms with E-state index >= 15 is 0 Å². The van der Waals surface area contributed by atoms with Gasteiger partial charge in [0.05, 0.1) is 23.7 Å². The number of anilines is 1. The van der Waals surface area contributed by atoms with Gasteiger partial charge in [0.2, 0.25) is 5.91 Å². The summed E-state index contributed by atoms with van der Waals surface area (Å²) in [5.74, 6) is 0.194. The molecule has 0 aliphatic carbocycles. The van der Waals surface area contributed by atoms with Gasteiger partial charge in [-0.15, -0.1) is 0 Å². The molecule has 0 fully saturated rings. The summed E-state index contributed by atoms with van der Waals surface area (Å²) in [5.41, 5.74) is 1.82. The first-order valence-corrected chi connectivity index (χ1v) is 11.8. The number of nitrogens with one attached hydrogen (secondary N) is 1. The van der Waals surface area contributed by atoms with E-state index in [0.29, 0.717) is 22.0 Å². The molecule has 1 atom stereocenters. The van der Waals surface area contributed by atoms with Crippen LogP contribution in [0, 0.1) is 6.92 Å². The summed E-state index contributed by atoms with van der Waals surface area (Å²) in [5, 5.41) is 3.36. The number of halogens is 1. The smallest absolute Gasteiger partial charge is 0.264 e. The zero-order chi connectivity index (χ0) is 23.3. The summed E-state index contributed by atoms with van der Waals surface area (Å²) in [6.07, 6.45) is 0. The molecular formula is C24H25ClN2O4S. The van der Waals surface area contributed by atoms with Crippen LogP contribution < -0.4 is 14.4 Å². The van der Waals surface area contributed by atoms with Crippen LogP contribution in [0.1, 0.15) is 24.1 Å². The Kier molecular flexibility index (Phi) is 7.43. The van der Waals surface area contributed by atoms with Crippen LogP contribution in [-0.2, 0) is 14.8 Å². The number of methoxy groups -OCH3 is 1. The van der Waals surface area contributed by atoms with Gasteiger partial charge >= 0.3 is 0 Å². The van der Waals surface area contributed by atoms with Crippen molar-refractivity contribution < 1.29 is 17.9 Å². The second-order valence-corrected chi connectivity index (χ2v) is 9.59. The molecule has 6 nitrogen and oxygen atoms in total. The highest BCUT2D eigenvalue weighted by Crippen LogP contribution is 2.29. The van der Waals surface area contributed by atoms with Gasteiger partial charge < -0.3 is 10.1 Å². The Hall–Kier alpha value is -3.03. The van der Waals surface area contributed by atoms with Gasteiger partial charge in [-0.1, -0.05) is 48.0 Å². The summed E-state index contributed by atoms with van der Waals surface area (Å²) in [4.78, 5) is 13.1. The maximum Gasteiger partial charge on any atom is 0.264 e. The first-order chi connectivity index (χ1) is 15.2. The number of para-hydroxylation sites is 1. The van der Waals surface area contributed by atoms with Gasteiger partial charge in [-0.2, -0.15) is 0 Å². The fourth-order valence-corrected chi connectivity index (χ4v) is 5.17. The molecule has 0 aliphatic rings. The molecule has 0 spiro atoms. The van der Waals surface area contributed by atoms with Crippen LogP contribution in [0.2, 0.25) is 5.02 Å². The standard InChI is InChI=1S/C24H25ClN2O4S/c1-17-15-19(25)13-14-22(17)27(32(29,30)20-9-5-4-6-10-20)16-24(28)26-18(2)21-11-7-8-12-23(21)31-3/h4-15,18H,16H2,1-3H3,(H,26,28)/t18-/m1/s1.